The highest BCUT2D eigenvalue weighted by molar-refractivity contribution is 5.31. The molecule has 0 fully saturated rings. The van der Waals surface area contributed by atoms with Gasteiger partial charge in [-0.25, -0.2) is 4.39 Å². The van der Waals surface area contributed by atoms with E-state index in [4.69, 9.17) is 0 Å². The van der Waals surface area contributed by atoms with Gasteiger partial charge in [0.05, 0.1) is 5.56 Å². The molecule has 0 aliphatic rings. The lowest BCUT2D eigenvalue weighted by molar-refractivity contribution is -0.138. The molecule has 1 aromatic rings. The third-order valence-corrected chi connectivity index (χ3v) is 1.92. The number of hydrogen-bond donors (Lipinski definition) is 0. The first-order valence-electron chi connectivity index (χ1n) is 4.31. The van der Waals surface area contributed by atoms with Gasteiger partial charge in [0, 0.05) is 0 Å². The fraction of sp³-hybridized carbons (Fsp3) is 0.400. The van der Waals surface area contributed by atoms with Gasteiger partial charge in [-0.2, -0.15) is 13.2 Å². The van der Waals surface area contributed by atoms with Crippen molar-refractivity contribution in [3.05, 3.63) is 35.1 Å². The van der Waals surface area contributed by atoms with Crippen LogP contribution < -0.4 is 0 Å². The van der Waals surface area contributed by atoms with E-state index in [1.165, 1.54) is 0 Å². The normalized spacial score (nSPS) is 11.8. The average Bonchev–Trinajstić information content (AvgIpc) is 2.07. The molecule has 0 aliphatic heterocycles. The predicted molar refractivity (Wildman–Crippen MR) is 45.4 cm³/mol. The summed E-state index contributed by atoms with van der Waals surface area (Å²) in [6.07, 6.45) is -3.86. The number of halogens is 4. The summed E-state index contributed by atoms with van der Waals surface area (Å²) in [6, 6.07) is 3.05. The molecule has 0 saturated carbocycles. The molecule has 0 saturated heterocycles. The van der Waals surface area contributed by atoms with Gasteiger partial charge in [0.2, 0.25) is 0 Å². The van der Waals surface area contributed by atoms with Crippen molar-refractivity contribution in [1.82, 2.24) is 0 Å². The Hall–Kier alpha value is -1.06. The second-order valence-corrected chi connectivity index (χ2v) is 3.01. The number of alkyl halides is 3. The Balaban J connectivity index is 3.21. The Bertz CT molecular complexity index is 314. The molecule has 0 atom stereocenters. The van der Waals surface area contributed by atoms with Crippen LogP contribution in [-0.4, -0.2) is 0 Å². The number of hydrogen-bond acceptors (Lipinski definition) is 0. The van der Waals surface area contributed by atoms with Crippen LogP contribution in [-0.2, 0) is 12.6 Å². The summed E-state index contributed by atoms with van der Waals surface area (Å²) >= 11 is 0. The first-order chi connectivity index (χ1) is 6.46. The Morgan fingerprint density at radius 3 is 2.36 bits per heavy atom. The van der Waals surface area contributed by atoms with Crippen molar-refractivity contribution >= 4 is 0 Å². The lowest BCUT2D eigenvalue weighted by Gasteiger charge is -2.12. The molecule has 4 heteroatoms. The summed E-state index contributed by atoms with van der Waals surface area (Å²) in [5, 5.41) is 0. The second-order valence-electron chi connectivity index (χ2n) is 3.01. The van der Waals surface area contributed by atoms with Gasteiger partial charge in [-0.05, 0) is 24.1 Å². The minimum absolute atomic E-state index is 0.113. The third-order valence-electron chi connectivity index (χ3n) is 1.92. The van der Waals surface area contributed by atoms with Gasteiger partial charge in [0.15, 0.2) is 0 Å². The Kier molecular flexibility index (Phi) is 3.13. The van der Waals surface area contributed by atoms with Crippen LogP contribution in [0.25, 0.3) is 0 Å². The molecule has 0 spiro atoms. The molecular weight excluding hydrogens is 196 g/mol. The summed E-state index contributed by atoms with van der Waals surface area (Å²) in [4.78, 5) is 0. The molecule has 0 nitrogen and oxygen atoms in total. The van der Waals surface area contributed by atoms with E-state index >= 15 is 0 Å². The second kappa shape index (κ2) is 3.98. The smallest absolute Gasteiger partial charge is 0.207 e. The highest BCUT2D eigenvalue weighted by Gasteiger charge is 2.33. The van der Waals surface area contributed by atoms with Gasteiger partial charge in [-0.1, -0.05) is 19.4 Å². The first-order valence-corrected chi connectivity index (χ1v) is 4.31. The molecule has 0 bridgehead atoms. The van der Waals surface area contributed by atoms with Crippen LogP contribution in [0.2, 0.25) is 0 Å². The molecule has 1 rings (SSSR count). The molecule has 78 valence electrons. The Morgan fingerprint density at radius 2 is 1.86 bits per heavy atom. The Morgan fingerprint density at radius 1 is 1.21 bits per heavy atom. The zero-order valence-electron chi connectivity index (χ0n) is 7.66. The van der Waals surface area contributed by atoms with Crippen LogP contribution in [0.5, 0.6) is 0 Å². The summed E-state index contributed by atoms with van der Waals surface area (Å²) in [5.41, 5.74) is -1.10. The summed E-state index contributed by atoms with van der Waals surface area (Å²) in [7, 11) is 0. The molecule has 0 heterocycles. The monoisotopic (exact) mass is 206 g/mol. The van der Waals surface area contributed by atoms with E-state index in [9.17, 15) is 17.6 Å². The first kappa shape index (κ1) is 11.0. The topological polar surface area (TPSA) is 0 Å². The number of benzene rings is 1. The molecule has 0 amide bonds. The average molecular weight is 206 g/mol. The maximum atomic E-state index is 13.1. The standard InChI is InChI=1S/C10H10F4/c1-2-4-7-8(10(12,13)14)5-3-6-9(7)11/h3,5-6H,2,4H2,1H3. The molecule has 0 aromatic heterocycles. The zero-order chi connectivity index (χ0) is 10.8. The highest BCUT2D eigenvalue weighted by atomic mass is 19.4. The summed E-state index contributed by atoms with van der Waals surface area (Å²) in [6.45, 7) is 1.71. The molecule has 0 unspecified atom stereocenters. The minimum atomic E-state index is -4.47. The molecule has 1 aromatic carbocycles. The van der Waals surface area contributed by atoms with Crippen LogP contribution in [0.1, 0.15) is 24.5 Å². The van der Waals surface area contributed by atoms with E-state index in [2.05, 4.69) is 0 Å². The van der Waals surface area contributed by atoms with E-state index < -0.39 is 17.6 Å². The zero-order valence-corrected chi connectivity index (χ0v) is 7.66. The SMILES string of the molecule is CCCc1c(F)cccc1C(F)(F)F. The van der Waals surface area contributed by atoms with E-state index in [0.29, 0.717) is 6.42 Å². The van der Waals surface area contributed by atoms with Gasteiger partial charge in [-0.3, -0.25) is 0 Å². The lowest BCUT2D eigenvalue weighted by Crippen LogP contribution is -2.10. The van der Waals surface area contributed by atoms with Crippen LogP contribution in [0.3, 0.4) is 0 Å². The number of rotatable bonds is 2. The van der Waals surface area contributed by atoms with Crippen LogP contribution in [0.15, 0.2) is 18.2 Å². The fourth-order valence-electron chi connectivity index (χ4n) is 1.33. The van der Waals surface area contributed by atoms with E-state index in [1.807, 2.05) is 0 Å². The summed E-state index contributed by atoms with van der Waals surface area (Å²) in [5.74, 6) is -0.776. The van der Waals surface area contributed by atoms with E-state index in [1.54, 1.807) is 6.92 Å². The summed E-state index contributed by atoms with van der Waals surface area (Å²) < 4.78 is 50.2. The van der Waals surface area contributed by atoms with Crippen molar-refractivity contribution in [2.45, 2.75) is 25.9 Å². The van der Waals surface area contributed by atoms with Crippen molar-refractivity contribution in [1.29, 1.82) is 0 Å². The molecular formula is C10H10F4. The van der Waals surface area contributed by atoms with Crippen molar-refractivity contribution in [2.24, 2.45) is 0 Å². The molecule has 0 radical (unpaired) electrons. The van der Waals surface area contributed by atoms with E-state index in [-0.39, 0.29) is 12.0 Å². The van der Waals surface area contributed by atoms with Gasteiger partial charge >= 0.3 is 6.18 Å². The van der Waals surface area contributed by atoms with Crippen LogP contribution in [0.4, 0.5) is 17.6 Å². The molecule has 14 heavy (non-hydrogen) atoms. The third kappa shape index (κ3) is 2.25. The van der Waals surface area contributed by atoms with Crippen molar-refractivity contribution in [3.8, 4) is 0 Å². The molecule has 0 aliphatic carbocycles. The van der Waals surface area contributed by atoms with Crippen molar-refractivity contribution in [2.75, 3.05) is 0 Å². The minimum Gasteiger partial charge on any atom is -0.207 e. The predicted octanol–water partition coefficient (Wildman–Crippen LogP) is 3.80. The fourth-order valence-corrected chi connectivity index (χ4v) is 1.33. The maximum absolute atomic E-state index is 13.1. The van der Waals surface area contributed by atoms with Crippen LogP contribution >= 0.6 is 0 Å². The lowest BCUT2D eigenvalue weighted by atomic mass is 10.0. The molecule has 0 N–H and O–H groups in total. The quantitative estimate of drug-likeness (QED) is 0.645. The van der Waals surface area contributed by atoms with Crippen molar-refractivity contribution in [3.63, 3.8) is 0 Å². The van der Waals surface area contributed by atoms with Gasteiger partial charge < -0.3 is 0 Å². The van der Waals surface area contributed by atoms with Gasteiger partial charge in [0.1, 0.15) is 5.82 Å². The van der Waals surface area contributed by atoms with Crippen LogP contribution in [0, 0.1) is 5.82 Å². The van der Waals surface area contributed by atoms with Gasteiger partial charge in [0.25, 0.3) is 0 Å². The maximum Gasteiger partial charge on any atom is 0.416 e. The largest absolute Gasteiger partial charge is 0.416 e. The van der Waals surface area contributed by atoms with E-state index in [0.717, 1.165) is 18.2 Å². The van der Waals surface area contributed by atoms with Gasteiger partial charge in [-0.15, -0.1) is 0 Å². The highest BCUT2D eigenvalue weighted by Crippen LogP contribution is 2.33. The van der Waals surface area contributed by atoms with Crippen molar-refractivity contribution < 1.29 is 17.6 Å². The Labute approximate surface area is 79.6 Å².